The fourth-order valence-electron chi connectivity index (χ4n) is 3.01. The minimum absolute atomic E-state index is 0.0452. The lowest BCUT2D eigenvalue weighted by molar-refractivity contribution is -0.135. The zero-order valence-corrected chi connectivity index (χ0v) is 17.9. The first kappa shape index (κ1) is 26.5. The molecule has 8 nitrogen and oxygen atoms in total. The van der Waals surface area contributed by atoms with Gasteiger partial charge in [0.05, 0.1) is 12.1 Å². The van der Waals surface area contributed by atoms with Crippen molar-refractivity contribution in [3.05, 3.63) is 0 Å². The van der Waals surface area contributed by atoms with E-state index in [9.17, 15) is 19.5 Å². The lowest BCUT2D eigenvalue weighted by Crippen LogP contribution is -2.58. The van der Waals surface area contributed by atoms with Gasteiger partial charge in [0.2, 0.25) is 11.8 Å². The van der Waals surface area contributed by atoms with Crippen molar-refractivity contribution in [1.29, 1.82) is 0 Å². The van der Waals surface area contributed by atoms with Crippen molar-refractivity contribution in [2.45, 2.75) is 84.4 Å². The van der Waals surface area contributed by atoms with E-state index < -0.39 is 24.1 Å². The van der Waals surface area contributed by atoms with Crippen molar-refractivity contribution in [3.8, 4) is 0 Å². The highest BCUT2D eigenvalue weighted by atomic mass is 16.3. The van der Waals surface area contributed by atoms with E-state index in [2.05, 4.69) is 17.6 Å². The summed E-state index contributed by atoms with van der Waals surface area (Å²) in [6.45, 7) is 7.31. The quantitative estimate of drug-likeness (QED) is 0.252. The molecule has 7 N–H and O–H groups in total. The molecule has 0 aliphatic rings. The second kappa shape index (κ2) is 14.5. The lowest BCUT2D eigenvalue weighted by atomic mass is 9.95. The van der Waals surface area contributed by atoms with Crippen LogP contribution in [0.1, 0.15) is 66.2 Å². The molecule has 0 spiro atoms. The number of amides is 2. The smallest absolute Gasteiger partial charge is 0.245 e. The first-order valence-electron chi connectivity index (χ1n) is 10.4. The van der Waals surface area contributed by atoms with Crippen molar-refractivity contribution in [1.82, 2.24) is 10.6 Å². The predicted molar refractivity (Wildman–Crippen MR) is 110 cm³/mol. The van der Waals surface area contributed by atoms with E-state index >= 15 is 0 Å². The van der Waals surface area contributed by atoms with Crippen LogP contribution in [0.5, 0.6) is 0 Å². The molecule has 4 atom stereocenters. The van der Waals surface area contributed by atoms with Gasteiger partial charge in [-0.3, -0.25) is 14.4 Å². The van der Waals surface area contributed by atoms with E-state index in [4.69, 9.17) is 11.5 Å². The van der Waals surface area contributed by atoms with Crippen molar-refractivity contribution >= 4 is 17.6 Å². The van der Waals surface area contributed by atoms with Crippen LogP contribution in [0, 0.1) is 11.8 Å². The number of nitrogens with one attached hydrogen (secondary N) is 2. The number of aliphatic hydroxyl groups is 1. The molecular weight excluding hydrogens is 360 g/mol. The van der Waals surface area contributed by atoms with Crippen LogP contribution in [-0.2, 0) is 14.4 Å². The van der Waals surface area contributed by atoms with Crippen LogP contribution in [-0.4, -0.2) is 54.0 Å². The summed E-state index contributed by atoms with van der Waals surface area (Å²) in [6, 6.07) is -2.00. The van der Waals surface area contributed by atoms with Crippen LogP contribution in [0.4, 0.5) is 0 Å². The fraction of sp³-hybridized carbons (Fsp3) is 0.850. The van der Waals surface area contributed by atoms with Crippen LogP contribution in [0.2, 0.25) is 0 Å². The second-order valence-corrected chi connectivity index (χ2v) is 7.70. The molecule has 0 heterocycles. The maximum atomic E-state index is 12.7. The Morgan fingerprint density at radius 1 is 0.929 bits per heavy atom. The molecule has 8 heteroatoms. The van der Waals surface area contributed by atoms with Crippen LogP contribution in [0.3, 0.4) is 0 Å². The number of hydrogen-bond acceptors (Lipinski definition) is 6. The first-order valence-corrected chi connectivity index (χ1v) is 10.4. The van der Waals surface area contributed by atoms with Gasteiger partial charge in [-0.2, -0.15) is 0 Å². The average Bonchev–Trinajstić information content (AvgIpc) is 2.65. The van der Waals surface area contributed by atoms with E-state index in [0.29, 0.717) is 19.4 Å². The highest BCUT2D eigenvalue weighted by molar-refractivity contribution is 5.94. The number of Topliss-reactive ketones (excluding diaryl/α,β-unsaturated/α-hetero) is 1. The SMILES string of the molecule is CCCCCCC(CCN)C(=O)N[C@H](C(=O)N[C@@H](CN)C(=O)C(C)C)C(C)O. The lowest BCUT2D eigenvalue weighted by Gasteiger charge is -2.26. The summed E-state index contributed by atoms with van der Waals surface area (Å²) in [5.41, 5.74) is 11.2. The molecule has 2 unspecified atom stereocenters. The molecule has 0 rings (SSSR count). The van der Waals surface area contributed by atoms with Gasteiger partial charge in [-0.05, 0) is 26.3 Å². The summed E-state index contributed by atoms with van der Waals surface area (Å²) >= 11 is 0. The largest absolute Gasteiger partial charge is 0.391 e. The monoisotopic (exact) mass is 400 g/mol. The second-order valence-electron chi connectivity index (χ2n) is 7.70. The molecule has 0 bridgehead atoms. The normalized spacial score (nSPS) is 15.6. The summed E-state index contributed by atoms with van der Waals surface area (Å²) < 4.78 is 0. The van der Waals surface area contributed by atoms with E-state index in [1.807, 2.05) is 0 Å². The van der Waals surface area contributed by atoms with Crippen molar-refractivity contribution in [2.75, 3.05) is 13.1 Å². The maximum Gasteiger partial charge on any atom is 0.245 e. The predicted octanol–water partition coefficient (Wildman–Crippen LogP) is 0.456. The molecule has 0 aromatic carbocycles. The van der Waals surface area contributed by atoms with Crippen molar-refractivity contribution < 1.29 is 19.5 Å². The molecule has 0 aromatic heterocycles. The zero-order valence-electron chi connectivity index (χ0n) is 17.9. The molecule has 28 heavy (non-hydrogen) atoms. The highest BCUT2D eigenvalue weighted by Gasteiger charge is 2.31. The van der Waals surface area contributed by atoms with Gasteiger partial charge in [0.25, 0.3) is 0 Å². The van der Waals surface area contributed by atoms with E-state index in [0.717, 1.165) is 25.7 Å². The van der Waals surface area contributed by atoms with E-state index in [1.54, 1.807) is 13.8 Å². The Labute approximate surface area is 169 Å². The third kappa shape index (κ3) is 9.61. The standard InChI is InChI=1S/C20H40N4O4/c1-5-6-7-8-9-15(10-11-21)19(27)24-17(14(4)25)20(28)23-16(12-22)18(26)13(2)3/h13-17,25H,5-12,21-22H2,1-4H3,(H,23,28)(H,24,27)/t14?,15?,16-,17-/m0/s1. The summed E-state index contributed by atoms with van der Waals surface area (Å²) in [6.07, 6.45) is 4.26. The first-order chi connectivity index (χ1) is 13.2. The van der Waals surface area contributed by atoms with Gasteiger partial charge in [-0.1, -0.05) is 46.5 Å². The number of hydrogen-bond donors (Lipinski definition) is 5. The number of rotatable bonds is 15. The molecule has 0 fully saturated rings. The minimum Gasteiger partial charge on any atom is -0.391 e. The Hall–Kier alpha value is -1.51. The highest BCUT2D eigenvalue weighted by Crippen LogP contribution is 2.15. The number of ketones is 1. The van der Waals surface area contributed by atoms with Crippen molar-refractivity contribution in [2.24, 2.45) is 23.3 Å². The van der Waals surface area contributed by atoms with Crippen molar-refractivity contribution in [3.63, 3.8) is 0 Å². The van der Waals surface area contributed by atoms with Gasteiger partial charge in [0.15, 0.2) is 5.78 Å². The Balaban J connectivity index is 5.01. The van der Waals surface area contributed by atoms with Gasteiger partial charge in [-0.25, -0.2) is 0 Å². The summed E-state index contributed by atoms with van der Waals surface area (Å²) in [7, 11) is 0. The summed E-state index contributed by atoms with van der Waals surface area (Å²) in [5.74, 6) is -1.71. The number of aliphatic hydroxyl groups excluding tert-OH is 1. The summed E-state index contributed by atoms with van der Waals surface area (Å²) in [4.78, 5) is 37.4. The molecule has 0 saturated heterocycles. The molecule has 0 aromatic rings. The third-order valence-corrected chi connectivity index (χ3v) is 4.82. The topological polar surface area (TPSA) is 148 Å². The van der Waals surface area contributed by atoms with E-state index in [-0.39, 0.29) is 30.1 Å². The molecule has 0 aliphatic carbocycles. The van der Waals surface area contributed by atoms with Crippen LogP contribution in [0.15, 0.2) is 0 Å². The molecule has 2 amide bonds. The number of unbranched alkanes of at least 4 members (excludes halogenated alkanes) is 3. The van der Waals surface area contributed by atoms with Gasteiger partial charge < -0.3 is 27.2 Å². The Morgan fingerprint density at radius 3 is 2.04 bits per heavy atom. The minimum atomic E-state index is -1.16. The van der Waals surface area contributed by atoms with Crippen LogP contribution < -0.4 is 22.1 Å². The number of carbonyl (C=O) groups excluding carboxylic acids is 3. The van der Waals surface area contributed by atoms with Crippen LogP contribution in [0.25, 0.3) is 0 Å². The molecule has 0 saturated carbocycles. The Bertz CT molecular complexity index is 483. The summed E-state index contributed by atoms with van der Waals surface area (Å²) in [5, 5.41) is 15.2. The van der Waals surface area contributed by atoms with Crippen LogP contribution >= 0.6 is 0 Å². The van der Waals surface area contributed by atoms with Gasteiger partial charge >= 0.3 is 0 Å². The Kier molecular flexibility index (Phi) is 13.7. The molecular formula is C20H40N4O4. The van der Waals surface area contributed by atoms with E-state index in [1.165, 1.54) is 6.92 Å². The van der Waals surface area contributed by atoms with Gasteiger partial charge in [0, 0.05) is 18.4 Å². The Morgan fingerprint density at radius 2 is 1.57 bits per heavy atom. The maximum absolute atomic E-state index is 12.7. The fourth-order valence-corrected chi connectivity index (χ4v) is 3.01. The molecule has 0 aliphatic heterocycles. The number of carbonyl (C=O) groups is 3. The van der Waals surface area contributed by atoms with Gasteiger partial charge in [0.1, 0.15) is 6.04 Å². The van der Waals surface area contributed by atoms with Gasteiger partial charge in [-0.15, -0.1) is 0 Å². The molecule has 0 radical (unpaired) electrons. The number of nitrogens with two attached hydrogens (primary N) is 2. The third-order valence-electron chi connectivity index (χ3n) is 4.82. The average molecular weight is 401 g/mol. The molecule has 164 valence electrons. The zero-order chi connectivity index (χ0) is 21.7.